The fourth-order valence-electron chi connectivity index (χ4n) is 4.06. The molecule has 1 spiro atoms. The summed E-state index contributed by atoms with van der Waals surface area (Å²) in [5, 5.41) is 6.84. The molecule has 160 valence electrons. The number of nitrogens with one attached hydrogen (secondary N) is 1. The van der Waals surface area contributed by atoms with E-state index < -0.39 is 5.79 Å². The second-order valence-corrected chi connectivity index (χ2v) is 8.05. The van der Waals surface area contributed by atoms with Crippen molar-refractivity contribution in [3.63, 3.8) is 0 Å². The minimum atomic E-state index is -0.510. The number of ether oxygens (including phenoxy) is 3. The van der Waals surface area contributed by atoms with Gasteiger partial charge in [0.25, 0.3) is 11.7 Å². The van der Waals surface area contributed by atoms with Gasteiger partial charge in [-0.15, -0.1) is 0 Å². The number of hydrogen-bond acceptors (Lipinski definition) is 6. The maximum Gasteiger partial charge on any atom is 0.255 e. The number of aromatic nitrogens is 1. The van der Waals surface area contributed by atoms with Gasteiger partial charge in [-0.05, 0) is 63.1 Å². The molecule has 0 atom stereocenters. The van der Waals surface area contributed by atoms with E-state index in [1.165, 1.54) is 0 Å². The fourth-order valence-corrected chi connectivity index (χ4v) is 4.06. The maximum atomic E-state index is 12.7. The summed E-state index contributed by atoms with van der Waals surface area (Å²) in [5.74, 6) is 2.12. The minimum absolute atomic E-state index is 0.202. The smallest absolute Gasteiger partial charge is 0.255 e. The number of anilines is 1. The molecule has 0 bridgehead atoms. The van der Waals surface area contributed by atoms with Gasteiger partial charge in [-0.25, -0.2) is 0 Å². The van der Waals surface area contributed by atoms with Crippen molar-refractivity contribution >= 4 is 11.6 Å². The lowest BCUT2D eigenvalue weighted by Gasteiger charge is -2.21. The van der Waals surface area contributed by atoms with Crippen molar-refractivity contribution in [2.75, 3.05) is 5.32 Å². The normalized spacial score (nSPS) is 15.9. The summed E-state index contributed by atoms with van der Waals surface area (Å²) in [7, 11) is 0. The zero-order chi connectivity index (χ0) is 21.4. The molecule has 1 N–H and O–H groups in total. The van der Waals surface area contributed by atoms with Crippen molar-refractivity contribution in [3.8, 4) is 17.2 Å². The Morgan fingerprint density at radius 2 is 1.81 bits per heavy atom. The molecule has 0 unspecified atom stereocenters. The third-order valence-electron chi connectivity index (χ3n) is 5.84. The molecule has 7 nitrogen and oxygen atoms in total. The summed E-state index contributed by atoms with van der Waals surface area (Å²) in [4.78, 5) is 12.7. The first-order valence-corrected chi connectivity index (χ1v) is 10.5. The lowest BCUT2D eigenvalue weighted by Crippen LogP contribution is -2.34. The Kier molecular flexibility index (Phi) is 4.81. The number of fused-ring (bicyclic) bond motifs is 1. The Morgan fingerprint density at radius 3 is 2.52 bits per heavy atom. The maximum absolute atomic E-state index is 12.7. The van der Waals surface area contributed by atoms with E-state index in [4.69, 9.17) is 18.7 Å². The molecule has 0 radical (unpaired) electrons. The van der Waals surface area contributed by atoms with Crippen LogP contribution in [0.2, 0.25) is 0 Å². The van der Waals surface area contributed by atoms with Gasteiger partial charge in [0.05, 0.1) is 11.3 Å². The van der Waals surface area contributed by atoms with Crippen molar-refractivity contribution in [2.45, 2.75) is 51.9 Å². The Morgan fingerprint density at radius 1 is 1.06 bits per heavy atom. The van der Waals surface area contributed by atoms with Gasteiger partial charge >= 0.3 is 0 Å². The number of rotatable bonds is 5. The summed E-state index contributed by atoms with van der Waals surface area (Å²) in [6, 6.07) is 12.5. The zero-order valence-electron chi connectivity index (χ0n) is 17.6. The van der Waals surface area contributed by atoms with Crippen molar-refractivity contribution in [2.24, 2.45) is 0 Å². The lowest BCUT2D eigenvalue weighted by atomic mass is 10.2. The zero-order valence-corrected chi connectivity index (χ0v) is 17.6. The van der Waals surface area contributed by atoms with Crippen molar-refractivity contribution in [1.82, 2.24) is 5.16 Å². The first-order valence-electron chi connectivity index (χ1n) is 10.5. The molecule has 1 fully saturated rings. The average molecular weight is 420 g/mol. The van der Waals surface area contributed by atoms with Gasteiger partial charge in [0, 0.05) is 30.2 Å². The highest BCUT2D eigenvalue weighted by Crippen LogP contribution is 2.47. The molecule has 2 aromatic carbocycles. The van der Waals surface area contributed by atoms with E-state index in [9.17, 15) is 4.79 Å². The van der Waals surface area contributed by atoms with Gasteiger partial charge in [0.1, 0.15) is 18.1 Å². The van der Waals surface area contributed by atoms with Crippen LogP contribution in [-0.2, 0) is 6.61 Å². The van der Waals surface area contributed by atoms with Crippen LogP contribution in [0.5, 0.6) is 17.2 Å². The van der Waals surface area contributed by atoms with Crippen molar-refractivity contribution in [3.05, 3.63) is 65.0 Å². The van der Waals surface area contributed by atoms with E-state index >= 15 is 0 Å². The molecule has 1 amide bonds. The molecule has 7 heteroatoms. The quantitative estimate of drug-likeness (QED) is 0.614. The van der Waals surface area contributed by atoms with E-state index in [0.717, 1.165) is 48.5 Å². The number of carbonyl (C=O) groups is 1. The predicted molar refractivity (Wildman–Crippen MR) is 114 cm³/mol. The molecule has 1 aromatic heterocycles. The number of carbonyl (C=O) groups excluding carboxylic acids is 1. The standard InChI is InChI=1S/C24H24N2O5/c1-15-20(16(2)31-26-15)14-28-19-8-5-17(6-9-19)23(27)25-18-7-10-21-22(13-18)30-24(29-21)11-3-4-12-24/h5-10,13H,3-4,11-12,14H2,1-2H3,(H,25,27). The summed E-state index contributed by atoms with van der Waals surface area (Å²) in [6.07, 6.45) is 4.01. The topological polar surface area (TPSA) is 82.8 Å². The first kappa shape index (κ1) is 19.5. The first-order chi connectivity index (χ1) is 15.0. The number of hydrogen-bond donors (Lipinski definition) is 1. The summed E-state index contributed by atoms with van der Waals surface area (Å²) < 4.78 is 23.0. The van der Waals surface area contributed by atoms with Crippen LogP contribution in [0.15, 0.2) is 47.0 Å². The molecule has 2 aliphatic rings. The summed E-state index contributed by atoms with van der Waals surface area (Å²) in [6.45, 7) is 4.10. The molecule has 31 heavy (non-hydrogen) atoms. The van der Waals surface area contributed by atoms with Gasteiger partial charge in [-0.2, -0.15) is 0 Å². The van der Waals surface area contributed by atoms with Crippen molar-refractivity contribution in [1.29, 1.82) is 0 Å². The number of benzene rings is 2. The highest BCUT2D eigenvalue weighted by atomic mass is 16.7. The molecular formula is C24H24N2O5. The molecule has 2 heterocycles. The van der Waals surface area contributed by atoms with Crippen LogP contribution in [0.4, 0.5) is 5.69 Å². The Balaban J connectivity index is 1.21. The van der Waals surface area contributed by atoms with Crippen LogP contribution in [0.3, 0.4) is 0 Å². The fraction of sp³-hybridized carbons (Fsp3) is 0.333. The monoisotopic (exact) mass is 420 g/mol. The molecule has 5 rings (SSSR count). The highest BCUT2D eigenvalue weighted by molar-refractivity contribution is 6.04. The van der Waals surface area contributed by atoms with Crippen LogP contribution in [0.25, 0.3) is 0 Å². The van der Waals surface area contributed by atoms with Crippen LogP contribution >= 0.6 is 0 Å². The van der Waals surface area contributed by atoms with Crippen molar-refractivity contribution < 1.29 is 23.5 Å². The lowest BCUT2D eigenvalue weighted by molar-refractivity contribution is -0.0716. The average Bonchev–Trinajstić information content (AvgIpc) is 3.46. The van der Waals surface area contributed by atoms with E-state index in [1.807, 2.05) is 32.0 Å². The molecular weight excluding hydrogens is 396 g/mol. The third-order valence-corrected chi connectivity index (χ3v) is 5.84. The van der Waals surface area contributed by atoms with Crippen LogP contribution in [-0.4, -0.2) is 16.9 Å². The summed E-state index contributed by atoms with van der Waals surface area (Å²) in [5.41, 5.74) is 2.95. The van der Waals surface area contributed by atoms with Crippen LogP contribution in [0.1, 0.15) is 53.1 Å². The van der Waals surface area contributed by atoms with Crippen LogP contribution in [0, 0.1) is 13.8 Å². The second kappa shape index (κ2) is 7.65. The Hall–Kier alpha value is -3.48. The van der Waals surface area contributed by atoms with Gasteiger partial charge in [-0.1, -0.05) is 5.16 Å². The molecule has 1 aliphatic heterocycles. The SMILES string of the molecule is Cc1noc(C)c1COc1ccc(C(=O)Nc2ccc3c(c2)OC2(CCCC2)O3)cc1. The van der Waals surface area contributed by atoms with Gasteiger partial charge < -0.3 is 24.1 Å². The molecule has 1 saturated carbocycles. The van der Waals surface area contributed by atoms with Gasteiger partial charge in [-0.3, -0.25) is 4.79 Å². The Labute approximate surface area is 180 Å². The summed E-state index contributed by atoms with van der Waals surface area (Å²) >= 11 is 0. The largest absolute Gasteiger partial charge is 0.489 e. The molecule has 3 aromatic rings. The van der Waals surface area contributed by atoms with E-state index in [1.54, 1.807) is 24.3 Å². The number of aryl methyl sites for hydroxylation is 2. The second-order valence-electron chi connectivity index (χ2n) is 8.05. The van der Waals surface area contributed by atoms with Crippen LogP contribution < -0.4 is 19.5 Å². The molecule has 0 saturated heterocycles. The van der Waals surface area contributed by atoms with E-state index in [0.29, 0.717) is 29.4 Å². The molecule has 1 aliphatic carbocycles. The van der Waals surface area contributed by atoms with Gasteiger partial charge in [0.15, 0.2) is 11.5 Å². The highest BCUT2D eigenvalue weighted by Gasteiger charge is 2.44. The van der Waals surface area contributed by atoms with E-state index in [-0.39, 0.29) is 5.91 Å². The number of nitrogens with zero attached hydrogens (tertiary/aromatic N) is 1. The minimum Gasteiger partial charge on any atom is -0.489 e. The number of amides is 1. The third kappa shape index (κ3) is 3.83. The van der Waals surface area contributed by atoms with Gasteiger partial charge in [0.2, 0.25) is 0 Å². The Bertz CT molecular complexity index is 1090. The predicted octanol–water partition coefficient (Wildman–Crippen LogP) is 5.16. The van der Waals surface area contributed by atoms with E-state index in [2.05, 4.69) is 10.5 Å².